The topological polar surface area (TPSA) is 52.6 Å². The fraction of sp³-hybridized carbons (Fsp3) is 1.00. The summed E-state index contributed by atoms with van der Waals surface area (Å²) in [5, 5.41) is 0. The van der Waals surface area contributed by atoms with E-state index in [1.165, 1.54) is 19.3 Å². The smallest absolute Gasteiger partial charge is 0.248 e. The third kappa shape index (κ3) is 1.73. The zero-order valence-corrected chi connectivity index (χ0v) is 17.9. The van der Waals surface area contributed by atoms with E-state index in [1.54, 1.807) is 0 Å². The molecule has 5 heteroatoms. The fourth-order valence-corrected chi connectivity index (χ4v) is 9.73. The molecule has 26 heavy (non-hydrogen) atoms. The van der Waals surface area contributed by atoms with E-state index in [9.17, 15) is 8.42 Å². The van der Waals surface area contributed by atoms with Crippen LogP contribution < -0.4 is 0 Å². The van der Waals surface area contributed by atoms with Gasteiger partial charge in [-0.05, 0) is 71.5 Å². The monoisotopic (exact) mass is 382 g/mol. The Morgan fingerprint density at radius 2 is 1.31 bits per heavy atom. The molecule has 0 amide bonds. The molecule has 4 aliphatic carbocycles. The van der Waals surface area contributed by atoms with Crippen molar-refractivity contribution in [2.45, 2.75) is 73.3 Å². The zero-order valence-electron chi connectivity index (χ0n) is 17.0. The Hall–Kier alpha value is -0.130. The third-order valence-electron chi connectivity index (χ3n) is 11.0. The van der Waals surface area contributed by atoms with Gasteiger partial charge in [0.1, 0.15) is 0 Å². The molecule has 1 saturated heterocycles. The van der Waals surface area contributed by atoms with Crippen LogP contribution in [0.1, 0.15) is 67.2 Å². The largest absolute Gasteiger partial charge is 0.400 e. The summed E-state index contributed by atoms with van der Waals surface area (Å²) in [7, 11) is -3.93. The first-order valence-electron chi connectivity index (χ1n) is 10.4. The minimum Gasteiger partial charge on any atom is -0.248 e. The summed E-state index contributed by atoms with van der Waals surface area (Å²) in [6.45, 7) is 14.5. The lowest BCUT2D eigenvalue weighted by atomic mass is 9.62. The molecular weight excluding hydrogens is 348 g/mol. The molecule has 0 radical (unpaired) electrons. The van der Waals surface area contributed by atoms with Gasteiger partial charge in [-0.3, -0.25) is 0 Å². The predicted octanol–water partition coefficient (Wildman–Crippen LogP) is 4.41. The highest BCUT2D eigenvalue weighted by molar-refractivity contribution is 7.81. The molecule has 4 saturated carbocycles. The summed E-state index contributed by atoms with van der Waals surface area (Å²) in [6.07, 6.45) is 4.50. The van der Waals surface area contributed by atoms with Crippen LogP contribution in [-0.2, 0) is 18.8 Å². The molecule has 0 spiro atoms. The summed E-state index contributed by atoms with van der Waals surface area (Å²) in [5.74, 6) is 2.39. The number of fused-ring (bicyclic) bond motifs is 11. The second kappa shape index (κ2) is 4.71. The lowest BCUT2D eigenvalue weighted by molar-refractivity contribution is -0.0643. The summed E-state index contributed by atoms with van der Waals surface area (Å²) >= 11 is 0. The number of hydrogen-bond acceptors (Lipinski definition) is 4. The first-order chi connectivity index (χ1) is 11.9. The lowest BCUT2D eigenvalue weighted by Gasteiger charge is -2.47. The summed E-state index contributed by atoms with van der Waals surface area (Å²) < 4.78 is 36.5. The van der Waals surface area contributed by atoms with Gasteiger partial charge >= 0.3 is 10.4 Å². The number of rotatable bonds is 0. The van der Waals surface area contributed by atoms with Crippen LogP contribution in [0.5, 0.6) is 0 Å². The summed E-state index contributed by atoms with van der Waals surface area (Å²) in [6, 6.07) is 0. The summed E-state index contributed by atoms with van der Waals surface area (Å²) in [5.41, 5.74) is 0.414. The zero-order chi connectivity index (χ0) is 18.9. The third-order valence-corrected chi connectivity index (χ3v) is 11.9. The average Bonchev–Trinajstić information content (AvgIpc) is 3.00. The van der Waals surface area contributed by atoms with Crippen molar-refractivity contribution in [2.24, 2.45) is 51.2 Å². The molecule has 4 nitrogen and oxygen atoms in total. The van der Waals surface area contributed by atoms with E-state index >= 15 is 0 Å². The molecule has 0 aromatic carbocycles. The standard InChI is InChI=1S/C21H34O4S/c1-18(2)12-7-9-20(18,5)14-11-24-26(22,23)25-17-16(15(12)14)13-8-10-21(17,6)19(13,3)4/h12-17H,7-11H2,1-6H3/t12-,13-,14-,15-,16+,17+,20+,21+/m1/s1. The van der Waals surface area contributed by atoms with E-state index in [2.05, 4.69) is 41.5 Å². The molecule has 5 rings (SSSR count). The second-order valence-electron chi connectivity index (χ2n) is 11.5. The molecule has 0 N–H and O–H groups in total. The molecule has 5 aliphatic rings. The average molecular weight is 383 g/mol. The molecule has 1 aliphatic heterocycles. The van der Waals surface area contributed by atoms with Gasteiger partial charge in [-0.1, -0.05) is 41.5 Å². The van der Waals surface area contributed by atoms with E-state index < -0.39 is 10.4 Å². The van der Waals surface area contributed by atoms with Crippen molar-refractivity contribution in [1.29, 1.82) is 0 Å². The lowest BCUT2D eigenvalue weighted by Crippen LogP contribution is -2.49. The Bertz CT molecular complexity index is 756. The molecule has 0 unspecified atom stereocenters. The van der Waals surface area contributed by atoms with Gasteiger partial charge in [-0.2, -0.15) is 8.42 Å². The quantitative estimate of drug-likeness (QED) is 0.623. The van der Waals surface area contributed by atoms with Crippen molar-refractivity contribution < 1.29 is 16.8 Å². The van der Waals surface area contributed by atoms with Gasteiger partial charge in [-0.25, -0.2) is 8.37 Å². The van der Waals surface area contributed by atoms with E-state index in [-0.39, 0.29) is 27.8 Å². The van der Waals surface area contributed by atoms with Crippen LogP contribution in [0.2, 0.25) is 0 Å². The molecule has 5 fully saturated rings. The maximum Gasteiger partial charge on any atom is 0.400 e. The minimum atomic E-state index is -3.93. The molecule has 1 heterocycles. The summed E-state index contributed by atoms with van der Waals surface area (Å²) in [4.78, 5) is 0. The first kappa shape index (κ1) is 17.9. The Morgan fingerprint density at radius 1 is 0.769 bits per heavy atom. The maximum atomic E-state index is 12.6. The van der Waals surface area contributed by atoms with Crippen LogP contribution in [0.4, 0.5) is 0 Å². The van der Waals surface area contributed by atoms with E-state index in [0.717, 1.165) is 6.42 Å². The first-order valence-corrected chi connectivity index (χ1v) is 11.8. The van der Waals surface area contributed by atoms with Gasteiger partial charge in [0.15, 0.2) is 0 Å². The van der Waals surface area contributed by atoms with Crippen molar-refractivity contribution in [1.82, 2.24) is 0 Å². The van der Waals surface area contributed by atoms with Crippen molar-refractivity contribution in [3.05, 3.63) is 0 Å². The second-order valence-corrected chi connectivity index (χ2v) is 12.8. The van der Waals surface area contributed by atoms with Gasteiger partial charge < -0.3 is 0 Å². The molecule has 148 valence electrons. The SMILES string of the molecule is CC1(C)[C@@H]2CC[C@@]1(C)[C@@H]1COS(=O)(=O)O[C@H]3[C@H]([C@H]21)[C@H]1CC[C@]3(C)C1(C)C. The Kier molecular flexibility index (Phi) is 3.25. The molecule has 8 atom stereocenters. The van der Waals surface area contributed by atoms with Crippen LogP contribution in [0.15, 0.2) is 0 Å². The Morgan fingerprint density at radius 3 is 1.96 bits per heavy atom. The van der Waals surface area contributed by atoms with Gasteiger partial charge in [0.25, 0.3) is 0 Å². The highest BCUT2D eigenvalue weighted by Gasteiger charge is 2.75. The van der Waals surface area contributed by atoms with Crippen LogP contribution >= 0.6 is 0 Å². The predicted molar refractivity (Wildman–Crippen MR) is 99.4 cm³/mol. The van der Waals surface area contributed by atoms with Crippen molar-refractivity contribution in [3.8, 4) is 0 Å². The number of hydrogen-bond donors (Lipinski definition) is 0. The van der Waals surface area contributed by atoms with E-state index in [0.29, 0.717) is 36.2 Å². The van der Waals surface area contributed by atoms with Gasteiger partial charge in [-0.15, -0.1) is 0 Å². The van der Waals surface area contributed by atoms with Crippen molar-refractivity contribution >= 4 is 10.4 Å². The maximum absolute atomic E-state index is 12.6. The van der Waals surface area contributed by atoms with Crippen molar-refractivity contribution in [3.63, 3.8) is 0 Å². The van der Waals surface area contributed by atoms with Gasteiger partial charge in [0, 0.05) is 5.41 Å². The van der Waals surface area contributed by atoms with Crippen molar-refractivity contribution in [2.75, 3.05) is 6.61 Å². The van der Waals surface area contributed by atoms with Crippen LogP contribution in [0, 0.1) is 51.2 Å². The van der Waals surface area contributed by atoms with Crippen LogP contribution in [-0.4, -0.2) is 21.1 Å². The van der Waals surface area contributed by atoms with Gasteiger partial charge in [0.2, 0.25) is 0 Å². The molecule has 0 aromatic rings. The van der Waals surface area contributed by atoms with E-state index in [1.807, 2.05) is 0 Å². The minimum absolute atomic E-state index is 0.0897. The van der Waals surface area contributed by atoms with Crippen LogP contribution in [0.3, 0.4) is 0 Å². The Labute approximate surface area is 158 Å². The molecule has 0 aromatic heterocycles. The normalized spacial score (nSPS) is 58.1. The fourth-order valence-electron chi connectivity index (χ4n) is 8.77. The van der Waals surface area contributed by atoms with Crippen LogP contribution in [0.25, 0.3) is 0 Å². The highest BCUT2D eigenvalue weighted by atomic mass is 32.3. The van der Waals surface area contributed by atoms with E-state index in [4.69, 9.17) is 8.37 Å². The van der Waals surface area contributed by atoms with Gasteiger partial charge in [0.05, 0.1) is 12.7 Å². The highest BCUT2D eigenvalue weighted by Crippen LogP contribution is 2.78. The molecular formula is C21H34O4S. The Balaban J connectivity index is 1.69. The molecule has 4 bridgehead atoms.